The monoisotopic (exact) mass is 453 g/mol. The number of nitrogens with one attached hydrogen (secondary N) is 1. The summed E-state index contributed by atoms with van der Waals surface area (Å²) in [5.74, 6) is -0.133. The highest BCUT2D eigenvalue weighted by atomic mass is 35.5. The third kappa shape index (κ3) is 5.50. The first-order valence-electron chi connectivity index (χ1n) is 9.75. The maximum absolute atomic E-state index is 13.1. The highest BCUT2D eigenvalue weighted by Gasteiger charge is 2.24. The summed E-state index contributed by atoms with van der Waals surface area (Å²) in [5, 5.41) is 0.166. The van der Waals surface area contributed by atoms with Gasteiger partial charge in [-0.05, 0) is 48.4 Å². The van der Waals surface area contributed by atoms with Crippen molar-refractivity contribution in [3.8, 4) is 0 Å². The summed E-state index contributed by atoms with van der Waals surface area (Å²) in [4.78, 5) is 16.9. The first-order chi connectivity index (χ1) is 14.2. The molecule has 1 aliphatic rings. The Hall–Kier alpha value is -2.16. The summed E-state index contributed by atoms with van der Waals surface area (Å²) in [6.07, 6.45) is 0. The Balaban J connectivity index is 1.73. The molecule has 1 N–H and O–H groups in total. The molecule has 9 heteroatoms. The Labute approximate surface area is 181 Å². The van der Waals surface area contributed by atoms with Crippen molar-refractivity contribution in [3.05, 3.63) is 58.9 Å². The normalized spacial score (nSPS) is 15.4. The largest absolute Gasteiger partial charge is 0.336 e. The highest BCUT2D eigenvalue weighted by Crippen LogP contribution is 2.27. The molecule has 0 aliphatic carbocycles. The number of sulfonamides is 1. The third-order valence-corrected chi connectivity index (χ3v) is 6.58. The van der Waals surface area contributed by atoms with Crippen LogP contribution < -0.4 is 4.72 Å². The van der Waals surface area contributed by atoms with Gasteiger partial charge in [0, 0.05) is 38.3 Å². The smallest absolute Gasteiger partial charge is 0.261 e. The Morgan fingerprint density at radius 1 is 1.10 bits per heavy atom. The number of rotatable bonds is 6. The van der Waals surface area contributed by atoms with Gasteiger partial charge in [0.05, 0.1) is 15.6 Å². The second kappa shape index (κ2) is 9.32. The standard InChI is InChI=1S/C21H25ClFN3O3S/c1-15(2)14-25-9-11-26(12-10-25)21(27)16-3-8-19(22)20(13-16)24-30(28,29)18-6-4-17(23)5-7-18/h3-8,13,15,24H,9-12,14H2,1-2H3. The van der Waals surface area contributed by atoms with Gasteiger partial charge in [0.25, 0.3) is 15.9 Å². The molecule has 0 aromatic heterocycles. The van der Waals surface area contributed by atoms with Crippen LogP contribution in [-0.2, 0) is 10.0 Å². The van der Waals surface area contributed by atoms with E-state index in [4.69, 9.17) is 11.6 Å². The number of halogens is 2. The number of anilines is 1. The fraction of sp³-hybridized carbons (Fsp3) is 0.381. The fourth-order valence-corrected chi connectivity index (χ4v) is 4.68. The molecule has 0 unspecified atom stereocenters. The highest BCUT2D eigenvalue weighted by molar-refractivity contribution is 7.92. The van der Waals surface area contributed by atoms with E-state index in [1.165, 1.54) is 12.1 Å². The van der Waals surface area contributed by atoms with Crippen molar-refractivity contribution < 1.29 is 17.6 Å². The van der Waals surface area contributed by atoms with E-state index in [-0.39, 0.29) is 21.5 Å². The van der Waals surface area contributed by atoms with Gasteiger partial charge in [-0.3, -0.25) is 14.4 Å². The molecule has 1 heterocycles. The molecule has 0 saturated carbocycles. The van der Waals surface area contributed by atoms with Crippen molar-refractivity contribution in [3.63, 3.8) is 0 Å². The maximum atomic E-state index is 13.1. The van der Waals surface area contributed by atoms with Gasteiger partial charge in [-0.15, -0.1) is 0 Å². The predicted molar refractivity (Wildman–Crippen MR) is 116 cm³/mol. The van der Waals surface area contributed by atoms with E-state index in [1.54, 1.807) is 11.0 Å². The third-order valence-electron chi connectivity index (χ3n) is 4.86. The number of carbonyl (C=O) groups excluding carboxylic acids is 1. The van der Waals surface area contributed by atoms with Crippen LogP contribution in [0.4, 0.5) is 10.1 Å². The van der Waals surface area contributed by atoms with Crippen molar-refractivity contribution in [1.82, 2.24) is 9.80 Å². The molecule has 0 spiro atoms. The van der Waals surface area contributed by atoms with Crippen molar-refractivity contribution in [2.45, 2.75) is 18.7 Å². The lowest BCUT2D eigenvalue weighted by Gasteiger charge is -2.35. The zero-order valence-corrected chi connectivity index (χ0v) is 18.5. The van der Waals surface area contributed by atoms with E-state index >= 15 is 0 Å². The number of hydrogen-bond donors (Lipinski definition) is 1. The fourth-order valence-electron chi connectivity index (χ4n) is 3.39. The van der Waals surface area contributed by atoms with Gasteiger partial charge in [0.1, 0.15) is 5.82 Å². The van der Waals surface area contributed by atoms with Crippen LogP contribution >= 0.6 is 11.6 Å². The predicted octanol–water partition coefficient (Wildman–Crippen LogP) is 3.69. The lowest BCUT2D eigenvalue weighted by atomic mass is 10.1. The molecule has 6 nitrogen and oxygen atoms in total. The van der Waals surface area contributed by atoms with Crippen molar-refractivity contribution in [1.29, 1.82) is 0 Å². The lowest BCUT2D eigenvalue weighted by Crippen LogP contribution is -2.49. The summed E-state index contributed by atoms with van der Waals surface area (Å²) in [5.41, 5.74) is 0.457. The van der Waals surface area contributed by atoms with Crippen LogP contribution in [0.15, 0.2) is 47.4 Å². The van der Waals surface area contributed by atoms with Crippen LogP contribution in [-0.4, -0.2) is 56.8 Å². The summed E-state index contributed by atoms with van der Waals surface area (Å²) >= 11 is 6.15. The van der Waals surface area contributed by atoms with Crippen molar-refractivity contribution in [2.75, 3.05) is 37.4 Å². The van der Waals surface area contributed by atoms with E-state index in [2.05, 4.69) is 23.5 Å². The molecule has 1 aliphatic heterocycles. The minimum Gasteiger partial charge on any atom is -0.336 e. The van der Waals surface area contributed by atoms with E-state index in [1.807, 2.05) is 0 Å². The average molecular weight is 454 g/mol. The zero-order valence-electron chi connectivity index (χ0n) is 16.9. The molecule has 3 rings (SSSR count). The summed E-state index contributed by atoms with van der Waals surface area (Å²) < 4.78 is 40.6. The van der Waals surface area contributed by atoms with E-state index < -0.39 is 15.8 Å². The molecule has 30 heavy (non-hydrogen) atoms. The van der Waals surface area contributed by atoms with Crippen LogP contribution in [0.2, 0.25) is 5.02 Å². The molecule has 1 fully saturated rings. The number of benzene rings is 2. The molecule has 1 saturated heterocycles. The molecule has 2 aromatic rings. The Morgan fingerprint density at radius 2 is 1.73 bits per heavy atom. The van der Waals surface area contributed by atoms with Crippen molar-refractivity contribution in [2.24, 2.45) is 5.92 Å². The Kier molecular flexibility index (Phi) is 7.00. The van der Waals surface area contributed by atoms with Crippen LogP contribution in [0.25, 0.3) is 0 Å². The van der Waals surface area contributed by atoms with Crippen LogP contribution in [0.3, 0.4) is 0 Å². The van der Waals surface area contributed by atoms with Gasteiger partial charge in [-0.2, -0.15) is 0 Å². The SMILES string of the molecule is CC(C)CN1CCN(C(=O)c2ccc(Cl)c(NS(=O)(=O)c3ccc(F)cc3)c2)CC1. The minimum absolute atomic E-state index is 0.0991. The van der Waals surface area contributed by atoms with E-state index in [0.717, 1.165) is 43.9 Å². The molecular formula is C21H25ClFN3O3S. The van der Waals surface area contributed by atoms with Gasteiger partial charge in [0.2, 0.25) is 0 Å². The van der Waals surface area contributed by atoms with Crippen LogP contribution in [0, 0.1) is 11.7 Å². The maximum Gasteiger partial charge on any atom is 0.261 e. The quantitative estimate of drug-likeness (QED) is 0.724. The molecule has 0 atom stereocenters. The molecule has 0 bridgehead atoms. The number of hydrogen-bond acceptors (Lipinski definition) is 4. The molecule has 0 radical (unpaired) electrons. The van der Waals surface area contributed by atoms with Crippen molar-refractivity contribution >= 4 is 33.2 Å². The number of nitrogens with zero attached hydrogens (tertiary/aromatic N) is 2. The molecule has 162 valence electrons. The summed E-state index contributed by atoms with van der Waals surface area (Å²) in [6, 6.07) is 8.97. The first kappa shape index (κ1) is 22.5. The number of piperazine rings is 1. The van der Waals surface area contributed by atoms with Crippen LogP contribution in [0.1, 0.15) is 24.2 Å². The molecule has 1 amide bonds. The summed E-state index contributed by atoms with van der Waals surface area (Å²) in [7, 11) is -3.97. The van der Waals surface area contributed by atoms with E-state index in [0.29, 0.717) is 24.6 Å². The Bertz CT molecular complexity index is 1000. The molecular weight excluding hydrogens is 429 g/mol. The Morgan fingerprint density at radius 3 is 2.33 bits per heavy atom. The average Bonchev–Trinajstić information content (AvgIpc) is 2.69. The zero-order chi connectivity index (χ0) is 21.9. The van der Waals surface area contributed by atoms with Gasteiger partial charge >= 0.3 is 0 Å². The van der Waals surface area contributed by atoms with Gasteiger partial charge in [-0.25, -0.2) is 12.8 Å². The van der Waals surface area contributed by atoms with Crippen LogP contribution in [0.5, 0.6) is 0 Å². The number of carbonyl (C=O) groups is 1. The van der Waals surface area contributed by atoms with Gasteiger partial charge < -0.3 is 4.90 Å². The topological polar surface area (TPSA) is 69.7 Å². The van der Waals surface area contributed by atoms with Gasteiger partial charge in [-0.1, -0.05) is 25.4 Å². The second-order valence-corrected chi connectivity index (χ2v) is 9.83. The second-order valence-electron chi connectivity index (χ2n) is 7.74. The minimum atomic E-state index is -3.97. The van der Waals surface area contributed by atoms with E-state index in [9.17, 15) is 17.6 Å². The number of amides is 1. The molecule has 2 aromatic carbocycles. The lowest BCUT2D eigenvalue weighted by molar-refractivity contribution is 0.0624. The van der Waals surface area contributed by atoms with Gasteiger partial charge in [0.15, 0.2) is 0 Å². The first-order valence-corrected chi connectivity index (χ1v) is 11.6. The summed E-state index contributed by atoms with van der Waals surface area (Å²) in [6.45, 7) is 8.18.